The maximum Gasteiger partial charge on any atom is 0.0558 e. The Bertz CT molecular complexity index is 126. The molecule has 1 saturated carbocycles. The summed E-state index contributed by atoms with van der Waals surface area (Å²) >= 11 is 1.89. The highest BCUT2D eigenvalue weighted by Crippen LogP contribution is 2.23. The molecular formula is C10H21NOS. The molecule has 1 rings (SSSR count). The highest BCUT2D eigenvalue weighted by atomic mass is 32.2. The Morgan fingerprint density at radius 3 is 2.54 bits per heavy atom. The normalized spacial score (nSPS) is 18.7. The van der Waals surface area contributed by atoms with E-state index in [0.29, 0.717) is 6.61 Å². The van der Waals surface area contributed by atoms with Gasteiger partial charge in [0.2, 0.25) is 0 Å². The quantitative estimate of drug-likeness (QED) is 0.709. The van der Waals surface area contributed by atoms with Gasteiger partial charge in [-0.1, -0.05) is 12.8 Å². The van der Waals surface area contributed by atoms with Crippen LogP contribution in [0.2, 0.25) is 0 Å². The van der Waals surface area contributed by atoms with Crippen molar-refractivity contribution in [3.63, 3.8) is 0 Å². The summed E-state index contributed by atoms with van der Waals surface area (Å²) in [5.74, 6) is 1.19. The fraction of sp³-hybridized carbons (Fsp3) is 1.00. The standard InChI is InChI=1S/C10H21NOS/c1-13-9-7-11(6-8-12)10-4-2-3-5-10/h10,12H,2-9H2,1H3. The predicted molar refractivity (Wildman–Crippen MR) is 59.3 cm³/mol. The molecule has 0 radical (unpaired) electrons. The lowest BCUT2D eigenvalue weighted by molar-refractivity contribution is 0.160. The summed E-state index contributed by atoms with van der Waals surface area (Å²) in [6.45, 7) is 2.32. The van der Waals surface area contributed by atoms with Gasteiger partial charge in [0.15, 0.2) is 0 Å². The molecular weight excluding hydrogens is 182 g/mol. The summed E-state index contributed by atoms with van der Waals surface area (Å²) in [5, 5.41) is 8.95. The van der Waals surface area contributed by atoms with Crippen molar-refractivity contribution >= 4 is 11.8 Å². The van der Waals surface area contributed by atoms with Crippen LogP contribution >= 0.6 is 11.8 Å². The van der Waals surface area contributed by atoms with Crippen LogP contribution in [0.4, 0.5) is 0 Å². The third-order valence-corrected chi connectivity index (χ3v) is 3.40. The van der Waals surface area contributed by atoms with Gasteiger partial charge >= 0.3 is 0 Å². The summed E-state index contributed by atoms with van der Waals surface area (Å²) in [6, 6.07) is 0.763. The van der Waals surface area contributed by atoms with Gasteiger partial charge in [0.25, 0.3) is 0 Å². The van der Waals surface area contributed by atoms with Gasteiger partial charge in [-0.2, -0.15) is 11.8 Å². The summed E-state index contributed by atoms with van der Waals surface area (Å²) < 4.78 is 0. The molecule has 0 amide bonds. The van der Waals surface area contributed by atoms with E-state index in [1.165, 1.54) is 31.4 Å². The molecule has 1 aliphatic rings. The molecule has 0 aromatic rings. The van der Waals surface area contributed by atoms with E-state index in [2.05, 4.69) is 11.2 Å². The Morgan fingerprint density at radius 1 is 1.31 bits per heavy atom. The third-order valence-electron chi connectivity index (χ3n) is 2.81. The van der Waals surface area contributed by atoms with E-state index in [0.717, 1.165) is 19.1 Å². The number of aliphatic hydroxyl groups is 1. The zero-order valence-electron chi connectivity index (χ0n) is 8.54. The minimum atomic E-state index is 0.310. The number of hydrogen-bond acceptors (Lipinski definition) is 3. The number of thioether (sulfide) groups is 1. The smallest absolute Gasteiger partial charge is 0.0558 e. The van der Waals surface area contributed by atoms with Crippen LogP contribution in [-0.4, -0.2) is 47.8 Å². The maximum absolute atomic E-state index is 8.95. The lowest BCUT2D eigenvalue weighted by Gasteiger charge is -2.27. The summed E-state index contributed by atoms with van der Waals surface area (Å²) in [6.07, 6.45) is 7.59. The van der Waals surface area contributed by atoms with Gasteiger partial charge in [-0.3, -0.25) is 4.90 Å². The second kappa shape index (κ2) is 6.68. The molecule has 0 aromatic carbocycles. The van der Waals surface area contributed by atoms with E-state index in [1.807, 2.05) is 11.8 Å². The van der Waals surface area contributed by atoms with E-state index in [9.17, 15) is 0 Å². The molecule has 0 heterocycles. The lowest BCUT2D eigenvalue weighted by atomic mass is 10.2. The van der Waals surface area contributed by atoms with Crippen LogP contribution < -0.4 is 0 Å². The topological polar surface area (TPSA) is 23.5 Å². The Hall–Kier alpha value is 0.270. The van der Waals surface area contributed by atoms with Crippen LogP contribution in [0.1, 0.15) is 25.7 Å². The molecule has 0 bridgehead atoms. The van der Waals surface area contributed by atoms with E-state index < -0.39 is 0 Å². The van der Waals surface area contributed by atoms with Crippen molar-refractivity contribution in [2.75, 3.05) is 31.7 Å². The minimum absolute atomic E-state index is 0.310. The average molecular weight is 203 g/mol. The highest BCUT2D eigenvalue weighted by Gasteiger charge is 2.21. The average Bonchev–Trinajstić information content (AvgIpc) is 2.65. The molecule has 0 aliphatic heterocycles. The molecule has 0 aromatic heterocycles. The van der Waals surface area contributed by atoms with Crippen LogP contribution in [-0.2, 0) is 0 Å². The molecule has 2 nitrogen and oxygen atoms in total. The van der Waals surface area contributed by atoms with Crippen molar-refractivity contribution in [2.24, 2.45) is 0 Å². The van der Waals surface area contributed by atoms with Crippen molar-refractivity contribution in [1.29, 1.82) is 0 Å². The monoisotopic (exact) mass is 203 g/mol. The number of aliphatic hydroxyl groups excluding tert-OH is 1. The zero-order chi connectivity index (χ0) is 9.52. The van der Waals surface area contributed by atoms with E-state index >= 15 is 0 Å². The number of hydrogen-bond donors (Lipinski definition) is 1. The van der Waals surface area contributed by atoms with Crippen LogP contribution in [0.5, 0.6) is 0 Å². The van der Waals surface area contributed by atoms with Gasteiger partial charge in [-0.05, 0) is 19.1 Å². The number of rotatable bonds is 6. The number of nitrogens with zero attached hydrogens (tertiary/aromatic N) is 1. The molecule has 0 spiro atoms. The Balaban J connectivity index is 2.26. The van der Waals surface area contributed by atoms with Gasteiger partial charge in [-0.15, -0.1) is 0 Å². The van der Waals surface area contributed by atoms with Crippen molar-refractivity contribution in [3.05, 3.63) is 0 Å². The summed E-state index contributed by atoms with van der Waals surface area (Å²) in [7, 11) is 0. The van der Waals surface area contributed by atoms with E-state index in [4.69, 9.17) is 5.11 Å². The molecule has 1 fully saturated rings. The van der Waals surface area contributed by atoms with Gasteiger partial charge in [0.1, 0.15) is 0 Å². The SMILES string of the molecule is CSCCN(CCO)C1CCCC1. The lowest BCUT2D eigenvalue weighted by Crippen LogP contribution is -2.37. The summed E-state index contributed by atoms with van der Waals surface area (Å²) in [4.78, 5) is 2.46. The summed E-state index contributed by atoms with van der Waals surface area (Å²) in [5.41, 5.74) is 0. The van der Waals surface area contributed by atoms with Crippen molar-refractivity contribution in [3.8, 4) is 0 Å². The first-order valence-electron chi connectivity index (χ1n) is 5.22. The largest absolute Gasteiger partial charge is 0.395 e. The first-order valence-corrected chi connectivity index (χ1v) is 6.61. The third kappa shape index (κ3) is 3.88. The van der Waals surface area contributed by atoms with Crippen LogP contribution in [0.3, 0.4) is 0 Å². The first kappa shape index (κ1) is 11.3. The Morgan fingerprint density at radius 2 is 2.00 bits per heavy atom. The molecule has 0 saturated heterocycles. The first-order chi connectivity index (χ1) is 6.38. The van der Waals surface area contributed by atoms with Gasteiger partial charge in [0, 0.05) is 24.9 Å². The van der Waals surface area contributed by atoms with Crippen molar-refractivity contribution < 1.29 is 5.11 Å². The van der Waals surface area contributed by atoms with Gasteiger partial charge in [0.05, 0.1) is 6.61 Å². The van der Waals surface area contributed by atoms with E-state index in [-0.39, 0.29) is 0 Å². The zero-order valence-corrected chi connectivity index (χ0v) is 9.35. The molecule has 78 valence electrons. The second-order valence-corrected chi connectivity index (χ2v) is 4.68. The minimum Gasteiger partial charge on any atom is -0.395 e. The maximum atomic E-state index is 8.95. The molecule has 13 heavy (non-hydrogen) atoms. The van der Waals surface area contributed by atoms with Gasteiger partial charge < -0.3 is 5.11 Å². The highest BCUT2D eigenvalue weighted by molar-refractivity contribution is 7.98. The van der Waals surface area contributed by atoms with Gasteiger partial charge in [-0.25, -0.2) is 0 Å². The van der Waals surface area contributed by atoms with Crippen molar-refractivity contribution in [2.45, 2.75) is 31.7 Å². The Kier molecular flexibility index (Phi) is 5.83. The van der Waals surface area contributed by atoms with E-state index in [1.54, 1.807) is 0 Å². The molecule has 0 atom stereocenters. The van der Waals surface area contributed by atoms with Crippen LogP contribution in [0.15, 0.2) is 0 Å². The molecule has 1 aliphatic carbocycles. The fourth-order valence-corrected chi connectivity index (χ4v) is 2.50. The molecule has 1 N–H and O–H groups in total. The van der Waals surface area contributed by atoms with Crippen molar-refractivity contribution in [1.82, 2.24) is 4.90 Å². The molecule has 0 unspecified atom stereocenters. The predicted octanol–water partition coefficient (Wildman–Crippen LogP) is 1.59. The van der Waals surface area contributed by atoms with Crippen LogP contribution in [0, 0.1) is 0 Å². The second-order valence-electron chi connectivity index (χ2n) is 3.69. The fourth-order valence-electron chi connectivity index (χ4n) is 2.08. The van der Waals surface area contributed by atoms with Crippen LogP contribution in [0.25, 0.3) is 0 Å². The molecule has 3 heteroatoms. The Labute approximate surface area is 85.7 Å².